The Morgan fingerprint density at radius 1 is 1.33 bits per heavy atom. The van der Waals surface area contributed by atoms with Crippen molar-refractivity contribution in [1.29, 1.82) is 0 Å². The Bertz CT molecular complexity index is 540. The van der Waals surface area contributed by atoms with Gasteiger partial charge in [0.05, 0.1) is 0 Å². The van der Waals surface area contributed by atoms with E-state index < -0.39 is 5.97 Å². The van der Waals surface area contributed by atoms with Crippen LogP contribution in [0.2, 0.25) is 0 Å². The zero-order valence-corrected chi connectivity index (χ0v) is 11.7. The van der Waals surface area contributed by atoms with Gasteiger partial charge in [0, 0.05) is 32.0 Å². The number of rotatable bonds is 3. The SMILES string of the molecule is CN(C(=O)Nc1ccc(O)c(C(=O)O)c1)C1CCOCC1. The molecule has 1 aromatic rings. The number of carbonyl (C=O) groups excluding carboxylic acids is 1. The molecule has 2 rings (SSSR count). The second-order valence-corrected chi connectivity index (χ2v) is 4.92. The van der Waals surface area contributed by atoms with Gasteiger partial charge in [-0.05, 0) is 31.0 Å². The summed E-state index contributed by atoms with van der Waals surface area (Å²) in [4.78, 5) is 24.7. The number of aromatic carboxylic acids is 1. The average Bonchev–Trinajstić information content (AvgIpc) is 2.49. The third-order valence-corrected chi connectivity index (χ3v) is 3.54. The van der Waals surface area contributed by atoms with Crippen LogP contribution in [0.4, 0.5) is 10.5 Å². The molecule has 0 aliphatic carbocycles. The van der Waals surface area contributed by atoms with E-state index in [1.165, 1.54) is 18.2 Å². The highest BCUT2D eigenvalue weighted by Gasteiger charge is 2.22. The zero-order chi connectivity index (χ0) is 15.4. The molecule has 0 aromatic heterocycles. The van der Waals surface area contributed by atoms with Crippen molar-refractivity contribution in [2.45, 2.75) is 18.9 Å². The van der Waals surface area contributed by atoms with Gasteiger partial charge >= 0.3 is 12.0 Å². The van der Waals surface area contributed by atoms with E-state index in [1.54, 1.807) is 11.9 Å². The van der Waals surface area contributed by atoms with Crippen molar-refractivity contribution < 1.29 is 24.5 Å². The second kappa shape index (κ2) is 6.45. The van der Waals surface area contributed by atoms with Crippen LogP contribution < -0.4 is 5.32 Å². The summed E-state index contributed by atoms with van der Waals surface area (Å²) < 4.78 is 5.25. The van der Waals surface area contributed by atoms with Crippen molar-refractivity contribution in [1.82, 2.24) is 4.90 Å². The van der Waals surface area contributed by atoms with Crippen LogP contribution in [-0.4, -0.2) is 53.4 Å². The van der Waals surface area contributed by atoms with Gasteiger partial charge in [0.15, 0.2) is 0 Å². The number of phenols is 1. The van der Waals surface area contributed by atoms with Crippen LogP contribution in [0.5, 0.6) is 5.75 Å². The lowest BCUT2D eigenvalue weighted by Gasteiger charge is -2.31. The molecule has 3 N–H and O–H groups in total. The molecule has 0 saturated carbocycles. The highest BCUT2D eigenvalue weighted by atomic mass is 16.5. The summed E-state index contributed by atoms with van der Waals surface area (Å²) in [5.41, 5.74) is 0.0793. The Balaban J connectivity index is 2.05. The van der Waals surface area contributed by atoms with Gasteiger partial charge in [0.1, 0.15) is 11.3 Å². The highest BCUT2D eigenvalue weighted by molar-refractivity contribution is 5.95. The number of nitrogens with zero attached hydrogens (tertiary/aromatic N) is 1. The van der Waals surface area contributed by atoms with Crippen molar-refractivity contribution in [3.8, 4) is 5.75 Å². The number of ether oxygens (including phenoxy) is 1. The molecule has 1 heterocycles. The molecule has 7 nitrogen and oxygen atoms in total. The van der Waals surface area contributed by atoms with E-state index in [9.17, 15) is 14.7 Å². The summed E-state index contributed by atoms with van der Waals surface area (Å²) in [6, 6.07) is 3.72. The van der Waals surface area contributed by atoms with Gasteiger partial charge < -0.3 is 25.2 Å². The van der Waals surface area contributed by atoms with Crippen LogP contribution in [0, 0.1) is 0 Å². The maximum atomic E-state index is 12.1. The first-order valence-electron chi connectivity index (χ1n) is 6.67. The fourth-order valence-electron chi connectivity index (χ4n) is 2.24. The molecule has 1 fully saturated rings. The summed E-state index contributed by atoms with van der Waals surface area (Å²) in [5, 5.41) is 21.0. The average molecular weight is 294 g/mol. The van der Waals surface area contributed by atoms with Crippen LogP contribution in [-0.2, 0) is 4.74 Å². The quantitative estimate of drug-likeness (QED) is 0.737. The number of benzene rings is 1. The lowest BCUT2D eigenvalue weighted by Crippen LogP contribution is -2.42. The third kappa shape index (κ3) is 3.63. The van der Waals surface area contributed by atoms with Crippen molar-refractivity contribution in [3.05, 3.63) is 23.8 Å². The van der Waals surface area contributed by atoms with Gasteiger partial charge in [-0.25, -0.2) is 9.59 Å². The number of anilines is 1. The van der Waals surface area contributed by atoms with E-state index in [1.807, 2.05) is 0 Å². The summed E-state index contributed by atoms with van der Waals surface area (Å²) in [5.74, 6) is -1.58. The molecular weight excluding hydrogens is 276 g/mol. The van der Waals surface area contributed by atoms with Crippen LogP contribution in [0.15, 0.2) is 18.2 Å². The standard InChI is InChI=1S/C14H18N2O5/c1-16(10-4-6-21-7-5-10)14(20)15-9-2-3-12(17)11(8-9)13(18)19/h2-3,8,10,17H,4-7H2,1H3,(H,15,20)(H,18,19). The predicted octanol–water partition coefficient (Wildman–Crippen LogP) is 1.73. The first-order valence-corrected chi connectivity index (χ1v) is 6.67. The topological polar surface area (TPSA) is 99.1 Å². The van der Waals surface area contributed by atoms with E-state index in [0.29, 0.717) is 18.9 Å². The minimum absolute atomic E-state index is 0.106. The summed E-state index contributed by atoms with van der Waals surface area (Å²) in [6.45, 7) is 1.26. The molecule has 114 valence electrons. The molecule has 7 heteroatoms. The van der Waals surface area contributed by atoms with E-state index in [2.05, 4.69) is 5.32 Å². The monoisotopic (exact) mass is 294 g/mol. The Labute approximate surface area is 122 Å². The Morgan fingerprint density at radius 2 is 2.00 bits per heavy atom. The number of hydrogen-bond donors (Lipinski definition) is 3. The van der Waals surface area contributed by atoms with E-state index >= 15 is 0 Å². The Morgan fingerprint density at radius 3 is 2.62 bits per heavy atom. The molecular formula is C14H18N2O5. The van der Waals surface area contributed by atoms with E-state index in [0.717, 1.165) is 12.8 Å². The van der Waals surface area contributed by atoms with Gasteiger partial charge in [-0.15, -0.1) is 0 Å². The third-order valence-electron chi connectivity index (χ3n) is 3.54. The van der Waals surface area contributed by atoms with Crippen molar-refractivity contribution in [2.75, 3.05) is 25.6 Å². The first-order chi connectivity index (χ1) is 9.99. The number of carboxylic acids is 1. The zero-order valence-electron chi connectivity index (χ0n) is 11.7. The van der Waals surface area contributed by atoms with Crippen molar-refractivity contribution in [3.63, 3.8) is 0 Å². The maximum Gasteiger partial charge on any atom is 0.339 e. The van der Waals surface area contributed by atoms with Crippen molar-refractivity contribution in [2.24, 2.45) is 0 Å². The molecule has 0 radical (unpaired) electrons. The predicted molar refractivity (Wildman–Crippen MR) is 75.7 cm³/mol. The van der Waals surface area contributed by atoms with Gasteiger partial charge in [-0.1, -0.05) is 0 Å². The minimum Gasteiger partial charge on any atom is -0.507 e. The summed E-state index contributed by atoms with van der Waals surface area (Å²) >= 11 is 0. The lowest BCUT2D eigenvalue weighted by molar-refractivity contribution is 0.0544. The number of amides is 2. The van der Waals surface area contributed by atoms with Gasteiger partial charge in [0.25, 0.3) is 0 Å². The maximum absolute atomic E-state index is 12.1. The van der Waals surface area contributed by atoms with E-state index in [-0.39, 0.29) is 23.4 Å². The second-order valence-electron chi connectivity index (χ2n) is 4.92. The Kier molecular flexibility index (Phi) is 4.64. The molecule has 0 bridgehead atoms. The highest BCUT2D eigenvalue weighted by Crippen LogP contribution is 2.22. The Hall–Kier alpha value is -2.28. The number of urea groups is 1. The molecule has 1 aliphatic rings. The molecule has 0 unspecified atom stereocenters. The molecule has 21 heavy (non-hydrogen) atoms. The minimum atomic E-state index is -1.25. The first kappa shape index (κ1) is 15.1. The molecule has 1 aromatic carbocycles. The number of aromatic hydroxyl groups is 1. The van der Waals surface area contributed by atoms with Crippen LogP contribution >= 0.6 is 0 Å². The van der Waals surface area contributed by atoms with Gasteiger partial charge in [-0.2, -0.15) is 0 Å². The molecule has 1 saturated heterocycles. The van der Waals surface area contributed by atoms with Crippen LogP contribution in [0.25, 0.3) is 0 Å². The summed E-state index contributed by atoms with van der Waals surface area (Å²) in [7, 11) is 1.70. The molecule has 2 amide bonds. The van der Waals surface area contributed by atoms with E-state index in [4.69, 9.17) is 9.84 Å². The smallest absolute Gasteiger partial charge is 0.339 e. The molecule has 0 spiro atoms. The fraction of sp³-hybridized carbons (Fsp3) is 0.429. The number of carboxylic acid groups (broad SMARTS) is 1. The number of nitrogens with one attached hydrogen (secondary N) is 1. The largest absolute Gasteiger partial charge is 0.507 e. The normalized spacial score (nSPS) is 15.5. The summed E-state index contributed by atoms with van der Waals surface area (Å²) in [6.07, 6.45) is 1.56. The lowest BCUT2D eigenvalue weighted by atomic mass is 10.1. The molecule has 0 atom stereocenters. The fourth-order valence-corrected chi connectivity index (χ4v) is 2.24. The van der Waals surface area contributed by atoms with Gasteiger partial charge in [-0.3, -0.25) is 0 Å². The van der Waals surface area contributed by atoms with Crippen LogP contribution in [0.3, 0.4) is 0 Å². The van der Waals surface area contributed by atoms with Gasteiger partial charge in [0.2, 0.25) is 0 Å². The van der Waals surface area contributed by atoms with Crippen molar-refractivity contribution >= 4 is 17.7 Å². The number of hydrogen-bond acceptors (Lipinski definition) is 4. The number of carbonyl (C=O) groups is 2. The van der Waals surface area contributed by atoms with Crippen LogP contribution in [0.1, 0.15) is 23.2 Å². The molecule has 1 aliphatic heterocycles.